The Labute approximate surface area is 122 Å². The molecule has 0 radical (unpaired) electrons. The van der Waals surface area contributed by atoms with Gasteiger partial charge in [-0.2, -0.15) is 5.10 Å². The maximum absolute atomic E-state index is 10.9. The number of aromatic nitrogens is 2. The van der Waals surface area contributed by atoms with E-state index in [4.69, 9.17) is 0 Å². The molecule has 0 saturated carbocycles. The number of benzene rings is 1. The number of nitro benzene ring substituents is 1. The fourth-order valence-electron chi connectivity index (χ4n) is 2.08. The number of hydrogen-bond acceptors (Lipinski definition) is 5. The Balaban J connectivity index is 2.00. The van der Waals surface area contributed by atoms with Crippen LogP contribution in [0.5, 0.6) is 0 Å². The first kappa shape index (κ1) is 15.1. The number of aryl methyl sites for hydroxylation is 1. The third-order valence-electron chi connectivity index (χ3n) is 3.30. The summed E-state index contributed by atoms with van der Waals surface area (Å²) in [4.78, 5) is 10.5. The van der Waals surface area contributed by atoms with Crippen molar-refractivity contribution in [2.24, 2.45) is 7.05 Å². The van der Waals surface area contributed by atoms with E-state index in [0.717, 1.165) is 0 Å². The molecule has 0 aliphatic rings. The van der Waals surface area contributed by atoms with E-state index in [1.165, 1.54) is 6.07 Å². The lowest BCUT2D eigenvalue weighted by Crippen LogP contribution is -2.35. The van der Waals surface area contributed by atoms with Crippen LogP contribution in [0.4, 0.5) is 5.69 Å². The van der Waals surface area contributed by atoms with E-state index in [-0.39, 0.29) is 12.2 Å². The number of nitrogens with zero attached hydrogens (tertiary/aromatic N) is 3. The predicted molar refractivity (Wildman–Crippen MR) is 77.6 cm³/mol. The predicted octanol–water partition coefficient (Wildman–Crippen LogP) is 1.33. The number of aliphatic hydroxyl groups is 1. The Morgan fingerprint density at radius 2 is 2.19 bits per heavy atom. The number of nitrogens with one attached hydrogen (secondary N) is 1. The van der Waals surface area contributed by atoms with Crippen molar-refractivity contribution in [3.05, 3.63) is 57.9 Å². The molecule has 7 heteroatoms. The number of nitro groups is 1. The highest BCUT2D eigenvalue weighted by atomic mass is 16.6. The summed E-state index contributed by atoms with van der Waals surface area (Å²) in [5.41, 5.74) is 0.272. The van der Waals surface area contributed by atoms with Crippen LogP contribution >= 0.6 is 0 Å². The lowest BCUT2D eigenvalue weighted by atomic mass is 9.99. The van der Waals surface area contributed by atoms with Crippen LogP contribution in [-0.4, -0.2) is 26.4 Å². The summed E-state index contributed by atoms with van der Waals surface area (Å²) in [6, 6.07) is 6.55. The molecule has 2 N–H and O–H groups in total. The van der Waals surface area contributed by atoms with E-state index in [0.29, 0.717) is 17.7 Å². The number of rotatable bonds is 6. The molecule has 0 fully saturated rings. The largest absolute Gasteiger partial charge is 0.384 e. The van der Waals surface area contributed by atoms with Gasteiger partial charge in [0.1, 0.15) is 5.60 Å². The summed E-state index contributed by atoms with van der Waals surface area (Å²) in [5, 5.41) is 28.4. The quantitative estimate of drug-likeness (QED) is 0.618. The van der Waals surface area contributed by atoms with Crippen LogP contribution in [0.3, 0.4) is 0 Å². The van der Waals surface area contributed by atoms with Gasteiger partial charge >= 0.3 is 0 Å². The van der Waals surface area contributed by atoms with Gasteiger partial charge in [0.05, 0.1) is 11.1 Å². The van der Waals surface area contributed by atoms with Crippen LogP contribution in [0.2, 0.25) is 0 Å². The molecule has 0 spiro atoms. The van der Waals surface area contributed by atoms with Crippen LogP contribution in [0, 0.1) is 10.1 Å². The van der Waals surface area contributed by atoms with Crippen LogP contribution in [0.1, 0.15) is 18.1 Å². The van der Waals surface area contributed by atoms with Crippen LogP contribution < -0.4 is 5.32 Å². The van der Waals surface area contributed by atoms with E-state index >= 15 is 0 Å². The van der Waals surface area contributed by atoms with Crippen molar-refractivity contribution in [1.82, 2.24) is 15.1 Å². The topological polar surface area (TPSA) is 93.2 Å². The molecular formula is C14H18N4O3. The zero-order valence-electron chi connectivity index (χ0n) is 12.0. The standard InChI is InChI=1S/C14H18N4O3/c1-14(19,12-8-16-17(2)9-12)10-15-7-11-5-3-4-6-13(11)18(20)21/h3-6,8-9,15,19H,7,10H2,1-2H3. The monoisotopic (exact) mass is 290 g/mol. The molecule has 0 aliphatic heterocycles. The van der Waals surface area contributed by atoms with E-state index in [1.807, 2.05) is 0 Å². The lowest BCUT2D eigenvalue weighted by molar-refractivity contribution is -0.385. The van der Waals surface area contributed by atoms with Crippen molar-refractivity contribution < 1.29 is 10.0 Å². The summed E-state index contributed by atoms with van der Waals surface area (Å²) in [5.74, 6) is 0. The SMILES string of the molecule is Cn1cc(C(C)(O)CNCc2ccccc2[N+](=O)[O-])cn1. The second kappa shape index (κ2) is 6.02. The van der Waals surface area contributed by atoms with Gasteiger partial charge in [-0.1, -0.05) is 18.2 Å². The van der Waals surface area contributed by atoms with Crippen LogP contribution in [0.15, 0.2) is 36.7 Å². The van der Waals surface area contributed by atoms with E-state index in [9.17, 15) is 15.2 Å². The summed E-state index contributed by atoms with van der Waals surface area (Å²) >= 11 is 0. The third-order valence-corrected chi connectivity index (χ3v) is 3.30. The zero-order chi connectivity index (χ0) is 15.5. The normalized spacial score (nSPS) is 13.9. The molecule has 7 nitrogen and oxygen atoms in total. The van der Waals surface area contributed by atoms with Gasteiger partial charge in [0.2, 0.25) is 0 Å². The molecule has 2 aromatic rings. The molecule has 1 unspecified atom stereocenters. The highest BCUT2D eigenvalue weighted by Crippen LogP contribution is 2.20. The molecule has 2 rings (SSSR count). The van der Waals surface area contributed by atoms with Crippen molar-refractivity contribution >= 4 is 5.69 Å². The van der Waals surface area contributed by atoms with Crippen LogP contribution in [-0.2, 0) is 19.2 Å². The van der Waals surface area contributed by atoms with Gasteiger partial charge in [0.15, 0.2) is 0 Å². The first-order valence-electron chi connectivity index (χ1n) is 6.54. The van der Waals surface area contributed by atoms with Gasteiger partial charge in [0, 0.05) is 43.5 Å². The first-order chi connectivity index (χ1) is 9.90. The second-order valence-corrected chi connectivity index (χ2v) is 5.17. The summed E-state index contributed by atoms with van der Waals surface area (Å²) in [6.45, 7) is 2.26. The lowest BCUT2D eigenvalue weighted by Gasteiger charge is -2.22. The van der Waals surface area contributed by atoms with Crippen molar-refractivity contribution in [1.29, 1.82) is 0 Å². The Morgan fingerprint density at radius 3 is 2.81 bits per heavy atom. The smallest absolute Gasteiger partial charge is 0.273 e. The summed E-state index contributed by atoms with van der Waals surface area (Å²) < 4.78 is 1.62. The fourth-order valence-corrected chi connectivity index (χ4v) is 2.08. The van der Waals surface area contributed by atoms with E-state index < -0.39 is 10.5 Å². The molecule has 0 amide bonds. The molecule has 1 heterocycles. The summed E-state index contributed by atoms with van der Waals surface area (Å²) in [7, 11) is 1.78. The Bertz CT molecular complexity index is 637. The van der Waals surface area contributed by atoms with Crippen molar-refractivity contribution in [2.75, 3.05) is 6.54 Å². The molecule has 112 valence electrons. The Kier molecular flexibility index (Phi) is 4.35. The zero-order valence-corrected chi connectivity index (χ0v) is 12.0. The average Bonchev–Trinajstić information content (AvgIpc) is 2.86. The molecule has 0 saturated heterocycles. The molecule has 21 heavy (non-hydrogen) atoms. The van der Waals surface area contributed by atoms with E-state index in [1.54, 1.807) is 49.2 Å². The molecule has 0 aliphatic carbocycles. The summed E-state index contributed by atoms with van der Waals surface area (Å²) in [6.07, 6.45) is 3.35. The van der Waals surface area contributed by atoms with Crippen molar-refractivity contribution in [2.45, 2.75) is 19.1 Å². The van der Waals surface area contributed by atoms with Gasteiger partial charge in [0.25, 0.3) is 5.69 Å². The Hall–Kier alpha value is -2.25. The fraction of sp³-hybridized carbons (Fsp3) is 0.357. The minimum atomic E-state index is -1.09. The van der Waals surface area contributed by atoms with Crippen LogP contribution in [0.25, 0.3) is 0 Å². The molecule has 1 atom stereocenters. The Morgan fingerprint density at radius 1 is 1.48 bits per heavy atom. The van der Waals surface area contributed by atoms with Crippen molar-refractivity contribution in [3.8, 4) is 0 Å². The van der Waals surface area contributed by atoms with Gasteiger partial charge < -0.3 is 10.4 Å². The van der Waals surface area contributed by atoms with Gasteiger partial charge in [-0.25, -0.2) is 0 Å². The minimum Gasteiger partial charge on any atom is -0.384 e. The van der Waals surface area contributed by atoms with E-state index in [2.05, 4.69) is 10.4 Å². The maximum Gasteiger partial charge on any atom is 0.273 e. The molecule has 1 aromatic heterocycles. The first-order valence-corrected chi connectivity index (χ1v) is 6.54. The van der Waals surface area contributed by atoms with Gasteiger partial charge in [-0.15, -0.1) is 0 Å². The molecule has 0 bridgehead atoms. The van der Waals surface area contributed by atoms with Gasteiger partial charge in [-0.3, -0.25) is 14.8 Å². The second-order valence-electron chi connectivity index (χ2n) is 5.17. The molecular weight excluding hydrogens is 272 g/mol. The van der Waals surface area contributed by atoms with Crippen molar-refractivity contribution in [3.63, 3.8) is 0 Å². The average molecular weight is 290 g/mol. The highest BCUT2D eigenvalue weighted by molar-refractivity contribution is 5.39. The third kappa shape index (κ3) is 3.65. The highest BCUT2D eigenvalue weighted by Gasteiger charge is 2.24. The molecule has 1 aromatic carbocycles. The van der Waals surface area contributed by atoms with Gasteiger partial charge in [-0.05, 0) is 6.92 Å². The number of hydrogen-bond donors (Lipinski definition) is 2. The number of para-hydroxylation sites is 1. The minimum absolute atomic E-state index is 0.0750. The maximum atomic E-state index is 10.9.